The molecule has 0 bridgehead atoms. The van der Waals surface area contributed by atoms with Crippen molar-refractivity contribution in [1.82, 2.24) is 4.90 Å². The van der Waals surface area contributed by atoms with E-state index in [9.17, 15) is 4.79 Å². The molecular weight excluding hydrogens is 440 g/mol. The van der Waals surface area contributed by atoms with Gasteiger partial charge in [0.05, 0.1) is 17.4 Å². The van der Waals surface area contributed by atoms with Gasteiger partial charge in [0.2, 0.25) is 5.88 Å². The van der Waals surface area contributed by atoms with Crippen LogP contribution in [0.1, 0.15) is 6.92 Å². The first kappa shape index (κ1) is 19.4. The molecule has 0 N–H and O–H groups in total. The number of ether oxygens (including phenoxy) is 1. The Labute approximate surface area is 187 Å². The van der Waals surface area contributed by atoms with Gasteiger partial charge in [-0.3, -0.25) is 9.69 Å². The number of amidine groups is 1. The van der Waals surface area contributed by atoms with Crippen LogP contribution in [0.2, 0.25) is 5.02 Å². The fourth-order valence-electron chi connectivity index (χ4n) is 3.49. The standard InChI is InChI=1S/C21H18ClN4O2S2/c1-4-26-18(27)17(19-24(2)13-7-5-6-8-15(13)28-19)30-21(26)23-20-25(3)14-10-9-12(22)11-16(14)29-20/h5-11H,4H2,1-3H3/q+1. The van der Waals surface area contributed by atoms with Crippen LogP contribution in [-0.4, -0.2) is 29.6 Å². The fraction of sp³-hybridized carbons (Fsp3) is 0.190. The zero-order chi connectivity index (χ0) is 21.0. The molecule has 30 heavy (non-hydrogen) atoms. The SMILES string of the molecule is CCN1C(=O)C(=C2Oc3ccccc3N2C)SC1=Nc1sc2cc(Cl)ccc2[n+]1C. The zero-order valence-electron chi connectivity index (χ0n) is 16.5. The molecule has 1 amide bonds. The van der Waals surface area contributed by atoms with E-state index in [1.807, 2.05) is 73.0 Å². The van der Waals surface area contributed by atoms with Gasteiger partial charge in [-0.2, -0.15) is 0 Å². The molecule has 0 unspecified atom stereocenters. The Morgan fingerprint density at radius 3 is 2.80 bits per heavy atom. The van der Waals surface area contributed by atoms with Crippen molar-refractivity contribution >= 4 is 66.8 Å². The number of amides is 1. The van der Waals surface area contributed by atoms with Gasteiger partial charge in [-0.25, -0.2) is 4.57 Å². The van der Waals surface area contributed by atoms with E-state index in [4.69, 9.17) is 21.3 Å². The average molecular weight is 458 g/mol. The Morgan fingerprint density at radius 2 is 2.03 bits per heavy atom. The lowest BCUT2D eigenvalue weighted by atomic mass is 10.3. The number of halogens is 1. The molecule has 3 aromatic rings. The van der Waals surface area contributed by atoms with Crippen molar-refractivity contribution in [1.29, 1.82) is 0 Å². The smallest absolute Gasteiger partial charge is 0.385 e. The molecule has 152 valence electrons. The Morgan fingerprint density at radius 1 is 1.23 bits per heavy atom. The number of thioether (sulfide) groups is 1. The van der Waals surface area contributed by atoms with Crippen LogP contribution in [-0.2, 0) is 11.8 Å². The largest absolute Gasteiger partial charge is 0.437 e. The van der Waals surface area contributed by atoms with Crippen molar-refractivity contribution in [2.75, 3.05) is 18.5 Å². The predicted octanol–water partition coefficient (Wildman–Crippen LogP) is 4.66. The maximum Gasteiger partial charge on any atom is 0.385 e. The minimum Gasteiger partial charge on any atom is -0.437 e. The van der Waals surface area contributed by atoms with Gasteiger partial charge in [0, 0.05) is 18.6 Å². The summed E-state index contributed by atoms with van der Waals surface area (Å²) in [6.07, 6.45) is 0. The summed E-state index contributed by atoms with van der Waals surface area (Å²) in [7, 11) is 3.87. The predicted molar refractivity (Wildman–Crippen MR) is 123 cm³/mol. The van der Waals surface area contributed by atoms with Crippen LogP contribution >= 0.6 is 34.7 Å². The molecule has 3 heterocycles. The number of aromatic nitrogens is 1. The third-order valence-corrected chi connectivity index (χ3v) is 7.45. The molecule has 0 radical (unpaired) electrons. The Hall–Kier alpha value is -2.55. The lowest BCUT2D eigenvalue weighted by Crippen LogP contribution is -2.31. The van der Waals surface area contributed by atoms with Crippen molar-refractivity contribution in [2.24, 2.45) is 12.0 Å². The van der Waals surface area contributed by atoms with E-state index < -0.39 is 0 Å². The molecule has 1 aromatic heterocycles. The maximum absolute atomic E-state index is 13.2. The molecule has 2 aliphatic heterocycles. The van der Waals surface area contributed by atoms with Crippen molar-refractivity contribution < 1.29 is 14.1 Å². The number of likely N-dealkylation sites (N-methyl/N-ethyl adjacent to an activating group) is 1. The molecule has 0 atom stereocenters. The maximum atomic E-state index is 13.2. The number of hydrogen-bond acceptors (Lipinski definition) is 6. The Bertz CT molecular complexity index is 1270. The third-order valence-electron chi connectivity index (χ3n) is 5.07. The third kappa shape index (κ3) is 2.98. The number of carbonyl (C=O) groups excluding carboxylic acids is 1. The molecule has 2 aliphatic rings. The van der Waals surface area contributed by atoms with E-state index in [1.54, 1.807) is 16.2 Å². The summed E-state index contributed by atoms with van der Waals surface area (Å²) in [6, 6.07) is 13.5. The minimum atomic E-state index is -0.0947. The molecule has 6 nitrogen and oxygen atoms in total. The van der Waals surface area contributed by atoms with Crippen LogP contribution in [0.3, 0.4) is 0 Å². The van der Waals surface area contributed by atoms with Crippen LogP contribution in [0.4, 0.5) is 10.8 Å². The molecule has 1 fully saturated rings. The highest BCUT2D eigenvalue weighted by atomic mass is 35.5. The normalized spacial score (nSPS) is 19.9. The number of anilines is 1. The minimum absolute atomic E-state index is 0.0947. The number of hydrogen-bond donors (Lipinski definition) is 0. The second-order valence-corrected chi connectivity index (χ2v) is 9.29. The zero-order valence-corrected chi connectivity index (χ0v) is 18.9. The number of carbonyl (C=O) groups is 1. The second kappa shape index (κ2) is 7.30. The van der Waals surface area contributed by atoms with Gasteiger partial charge in [0.1, 0.15) is 10.4 Å². The number of benzene rings is 2. The quantitative estimate of drug-likeness (QED) is 0.415. The molecule has 0 saturated carbocycles. The number of aryl methyl sites for hydroxylation is 1. The second-order valence-electron chi connectivity index (χ2n) is 6.86. The summed E-state index contributed by atoms with van der Waals surface area (Å²) in [4.78, 5) is 22.1. The number of para-hydroxylation sites is 2. The van der Waals surface area contributed by atoms with E-state index in [2.05, 4.69) is 0 Å². The van der Waals surface area contributed by atoms with Gasteiger partial charge in [0.15, 0.2) is 5.75 Å². The summed E-state index contributed by atoms with van der Waals surface area (Å²) < 4.78 is 9.08. The Balaban J connectivity index is 1.57. The molecule has 0 aliphatic carbocycles. The van der Waals surface area contributed by atoms with E-state index in [0.29, 0.717) is 27.5 Å². The summed E-state index contributed by atoms with van der Waals surface area (Å²) in [5.41, 5.74) is 1.99. The van der Waals surface area contributed by atoms with Crippen LogP contribution in [0.5, 0.6) is 5.75 Å². The van der Waals surface area contributed by atoms with Gasteiger partial charge >= 0.3 is 5.13 Å². The average Bonchev–Trinajstić information content (AvgIpc) is 3.34. The topological polar surface area (TPSA) is 49.0 Å². The highest BCUT2D eigenvalue weighted by molar-refractivity contribution is 8.18. The summed E-state index contributed by atoms with van der Waals surface area (Å²) >= 11 is 9.03. The number of rotatable bonds is 2. The molecule has 5 rings (SSSR count). The van der Waals surface area contributed by atoms with Gasteiger partial charge in [-0.15, -0.1) is 0 Å². The van der Waals surface area contributed by atoms with E-state index in [1.165, 1.54) is 11.8 Å². The molecule has 9 heteroatoms. The van der Waals surface area contributed by atoms with Crippen molar-refractivity contribution in [3.8, 4) is 5.75 Å². The summed E-state index contributed by atoms with van der Waals surface area (Å²) in [5.74, 6) is 1.20. The lowest BCUT2D eigenvalue weighted by Gasteiger charge is -2.12. The van der Waals surface area contributed by atoms with E-state index in [-0.39, 0.29) is 5.91 Å². The van der Waals surface area contributed by atoms with Gasteiger partial charge in [-0.1, -0.05) is 23.7 Å². The van der Waals surface area contributed by atoms with E-state index >= 15 is 0 Å². The first-order valence-electron chi connectivity index (χ1n) is 9.39. The van der Waals surface area contributed by atoms with Gasteiger partial charge < -0.3 is 9.64 Å². The molecule has 2 aromatic carbocycles. The van der Waals surface area contributed by atoms with Crippen LogP contribution in [0, 0.1) is 0 Å². The number of nitrogens with zero attached hydrogens (tertiary/aromatic N) is 4. The number of thiazole rings is 1. The first-order chi connectivity index (χ1) is 14.5. The molecule has 1 saturated heterocycles. The van der Waals surface area contributed by atoms with Crippen LogP contribution in [0.15, 0.2) is 58.2 Å². The highest BCUT2D eigenvalue weighted by Crippen LogP contribution is 2.43. The Kier molecular flexibility index (Phi) is 4.72. The lowest BCUT2D eigenvalue weighted by molar-refractivity contribution is -0.627. The van der Waals surface area contributed by atoms with E-state index in [0.717, 1.165) is 26.8 Å². The van der Waals surface area contributed by atoms with Gasteiger partial charge in [0.25, 0.3) is 11.1 Å². The van der Waals surface area contributed by atoms with Crippen molar-refractivity contribution in [3.63, 3.8) is 0 Å². The van der Waals surface area contributed by atoms with Crippen molar-refractivity contribution in [3.05, 3.63) is 58.3 Å². The fourth-order valence-corrected chi connectivity index (χ4v) is 5.95. The number of fused-ring (bicyclic) bond motifs is 2. The van der Waals surface area contributed by atoms with Crippen LogP contribution < -0.4 is 14.2 Å². The first-order valence-corrected chi connectivity index (χ1v) is 11.4. The molecular formula is C21H18ClN4O2S2+. The number of aliphatic imine (C=N–C) groups is 1. The summed E-state index contributed by atoms with van der Waals surface area (Å²) in [6.45, 7) is 2.47. The highest BCUT2D eigenvalue weighted by Gasteiger charge is 2.42. The van der Waals surface area contributed by atoms with Crippen LogP contribution in [0.25, 0.3) is 10.2 Å². The summed E-state index contributed by atoms with van der Waals surface area (Å²) in [5, 5.41) is 2.14. The monoisotopic (exact) mass is 457 g/mol. The van der Waals surface area contributed by atoms with Gasteiger partial charge in [-0.05, 0) is 65.3 Å². The van der Waals surface area contributed by atoms with Crippen molar-refractivity contribution in [2.45, 2.75) is 6.92 Å². The molecule has 0 spiro atoms.